The van der Waals surface area contributed by atoms with Crippen molar-refractivity contribution in [1.82, 2.24) is 10.2 Å². The summed E-state index contributed by atoms with van der Waals surface area (Å²) in [5.41, 5.74) is 7.84. The van der Waals surface area contributed by atoms with E-state index in [9.17, 15) is 14.4 Å². The van der Waals surface area contributed by atoms with Crippen LogP contribution in [0.4, 0.5) is 5.69 Å². The zero-order valence-corrected chi connectivity index (χ0v) is 14.9. The third-order valence-corrected chi connectivity index (χ3v) is 5.04. The summed E-state index contributed by atoms with van der Waals surface area (Å²) < 4.78 is 0. The normalized spacial score (nSPS) is 19.5. The number of anilines is 1. The summed E-state index contributed by atoms with van der Waals surface area (Å²) in [6, 6.07) is 5.47. The summed E-state index contributed by atoms with van der Waals surface area (Å²) in [5, 5.41) is 5.72. The summed E-state index contributed by atoms with van der Waals surface area (Å²) in [6.45, 7) is 1.49. The minimum absolute atomic E-state index is 0.00806. The molecule has 2 aliphatic rings. The lowest BCUT2D eigenvalue weighted by Crippen LogP contribution is -2.49. The van der Waals surface area contributed by atoms with Crippen LogP contribution in [0.2, 0.25) is 0 Å². The predicted molar refractivity (Wildman–Crippen MR) is 98.7 cm³/mol. The lowest BCUT2D eigenvalue weighted by atomic mass is 9.97. The number of nitrogens with two attached hydrogens (primary N) is 1. The second-order valence-corrected chi connectivity index (χ2v) is 6.91. The van der Waals surface area contributed by atoms with Gasteiger partial charge in [0.15, 0.2) is 0 Å². The van der Waals surface area contributed by atoms with Crippen molar-refractivity contribution in [2.24, 2.45) is 5.73 Å². The largest absolute Gasteiger partial charge is 0.354 e. The molecule has 1 saturated heterocycles. The fourth-order valence-electron chi connectivity index (χ4n) is 3.61. The van der Waals surface area contributed by atoms with Gasteiger partial charge in [-0.1, -0.05) is 0 Å². The van der Waals surface area contributed by atoms with Crippen molar-refractivity contribution >= 4 is 23.4 Å². The van der Waals surface area contributed by atoms with E-state index >= 15 is 0 Å². The molecule has 3 rings (SSSR count). The van der Waals surface area contributed by atoms with Crippen molar-refractivity contribution in [1.29, 1.82) is 0 Å². The van der Waals surface area contributed by atoms with Crippen molar-refractivity contribution in [3.8, 4) is 0 Å². The minimum atomic E-state index is -0.0741. The van der Waals surface area contributed by atoms with E-state index < -0.39 is 0 Å². The highest BCUT2D eigenvalue weighted by molar-refractivity contribution is 5.98. The van der Waals surface area contributed by atoms with Gasteiger partial charge in [-0.15, -0.1) is 0 Å². The Balaban J connectivity index is 1.70. The highest BCUT2D eigenvalue weighted by Gasteiger charge is 2.28. The molecule has 0 radical (unpaired) electrons. The average Bonchev–Trinajstić information content (AvgIpc) is 2.66. The lowest BCUT2D eigenvalue weighted by molar-refractivity contribution is -0.121. The maximum atomic E-state index is 13.0. The topological polar surface area (TPSA) is 105 Å². The summed E-state index contributed by atoms with van der Waals surface area (Å²) >= 11 is 0. The first-order valence-corrected chi connectivity index (χ1v) is 9.29. The van der Waals surface area contributed by atoms with Gasteiger partial charge in [-0.05, 0) is 49.4 Å². The van der Waals surface area contributed by atoms with Gasteiger partial charge < -0.3 is 21.3 Å². The van der Waals surface area contributed by atoms with Gasteiger partial charge in [0, 0.05) is 49.8 Å². The molecule has 0 saturated carbocycles. The number of hydrogen-bond donors (Lipinski definition) is 3. The Morgan fingerprint density at radius 1 is 1.27 bits per heavy atom. The number of likely N-dealkylation sites (tertiary alicyclic amines) is 1. The number of nitrogens with one attached hydrogen (secondary N) is 2. The molecule has 0 aliphatic carbocycles. The van der Waals surface area contributed by atoms with Crippen LogP contribution >= 0.6 is 0 Å². The molecule has 1 aromatic rings. The van der Waals surface area contributed by atoms with Crippen LogP contribution in [0, 0.1) is 0 Å². The summed E-state index contributed by atoms with van der Waals surface area (Å²) in [5.74, 6) is -0.0710. The van der Waals surface area contributed by atoms with E-state index in [-0.39, 0.29) is 23.8 Å². The molecule has 2 aliphatic heterocycles. The molecule has 1 unspecified atom stereocenters. The van der Waals surface area contributed by atoms with Gasteiger partial charge in [0.2, 0.25) is 11.8 Å². The zero-order valence-electron chi connectivity index (χ0n) is 14.9. The Morgan fingerprint density at radius 3 is 2.92 bits per heavy atom. The molecule has 1 atom stereocenters. The lowest BCUT2D eigenvalue weighted by Gasteiger charge is -2.36. The van der Waals surface area contributed by atoms with E-state index in [1.54, 1.807) is 6.07 Å². The predicted octanol–water partition coefficient (Wildman–Crippen LogP) is 1.03. The van der Waals surface area contributed by atoms with Crippen molar-refractivity contribution < 1.29 is 14.4 Å². The number of nitrogens with zero attached hydrogens (tertiary/aromatic N) is 1. The van der Waals surface area contributed by atoms with Crippen molar-refractivity contribution in [3.05, 3.63) is 29.3 Å². The number of benzene rings is 1. The molecule has 7 heteroatoms. The molecule has 0 spiro atoms. The van der Waals surface area contributed by atoms with E-state index in [0.717, 1.165) is 30.5 Å². The molecule has 1 fully saturated rings. The number of carbonyl (C=O) groups is 3. The maximum Gasteiger partial charge on any atom is 0.254 e. The molecule has 7 nitrogen and oxygen atoms in total. The van der Waals surface area contributed by atoms with E-state index in [4.69, 9.17) is 5.73 Å². The SMILES string of the molecule is NCCC(=O)NCC1CCCCN1C(=O)c1ccc2c(c1)CCC(=O)N2. The molecule has 0 aromatic heterocycles. The minimum Gasteiger partial charge on any atom is -0.354 e. The third-order valence-electron chi connectivity index (χ3n) is 5.04. The number of hydrogen-bond acceptors (Lipinski definition) is 4. The summed E-state index contributed by atoms with van der Waals surface area (Å²) in [6.07, 6.45) is 4.31. The molecule has 26 heavy (non-hydrogen) atoms. The molecule has 140 valence electrons. The number of carbonyl (C=O) groups excluding carboxylic acids is 3. The van der Waals surface area contributed by atoms with Crippen LogP contribution in [-0.4, -0.2) is 48.3 Å². The van der Waals surface area contributed by atoms with Crippen molar-refractivity contribution in [3.63, 3.8) is 0 Å². The third kappa shape index (κ3) is 4.22. The van der Waals surface area contributed by atoms with Crippen LogP contribution in [-0.2, 0) is 16.0 Å². The van der Waals surface area contributed by atoms with Gasteiger partial charge in [-0.3, -0.25) is 14.4 Å². The van der Waals surface area contributed by atoms with Gasteiger partial charge in [-0.25, -0.2) is 0 Å². The molecule has 3 amide bonds. The van der Waals surface area contributed by atoms with Crippen molar-refractivity contribution in [2.75, 3.05) is 25.0 Å². The quantitative estimate of drug-likeness (QED) is 0.731. The number of amides is 3. The van der Waals surface area contributed by atoms with Crippen LogP contribution in [0.1, 0.15) is 48.0 Å². The second kappa shape index (κ2) is 8.31. The standard InChI is InChI=1S/C19H26N4O3/c20-9-8-17(24)21-12-15-3-1-2-10-23(15)19(26)14-4-6-16-13(11-14)5-7-18(25)22-16/h4,6,11,15H,1-3,5,7-10,12,20H2,(H,21,24)(H,22,25). The van der Waals surface area contributed by atoms with Gasteiger partial charge in [0.1, 0.15) is 0 Å². The number of aryl methyl sites for hydroxylation is 1. The van der Waals surface area contributed by atoms with E-state index in [0.29, 0.717) is 44.5 Å². The number of fused-ring (bicyclic) bond motifs is 1. The molecule has 2 heterocycles. The van der Waals surface area contributed by atoms with Crippen LogP contribution in [0.3, 0.4) is 0 Å². The van der Waals surface area contributed by atoms with Gasteiger partial charge in [0.25, 0.3) is 5.91 Å². The Bertz CT molecular complexity index is 704. The first-order chi connectivity index (χ1) is 12.6. The molecule has 4 N–H and O–H groups in total. The highest BCUT2D eigenvalue weighted by Crippen LogP contribution is 2.26. The fourth-order valence-corrected chi connectivity index (χ4v) is 3.61. The zero-order chi connectivity index (χ0) is 18.5. The van der Waals surface area contributed by atoms with E-state index in [1.165, 1.54) is 0 Å². The molecular formula is C19H26N4O3. The first-order valence-electron chi connectivity index (χ1n) is 9.29. The Kier molecular flexibility index (Phi) is 5.88. The van der Waals surface area contributed by atoms with Crippen LogP contribution in [0.25, 0.3) is 0 Å². The molecular weight excluding hydrogens is 332 g/mol. The van der Waals surface area contributed by atoms with Crippen LogP contribution in [0.15, 0.2) is 18.2 Å². The van der Waals surface area contributed by atoms with Gasteiger partial charge in [-0.2, -0.15) is 0 Å². The van der Waals surface area contributed by atoms with Crippen LogP contribution in [0.5, 0.6) is 0 Å². The number of piperidine rings is 1. The second-order valence-electron chi connectivity index (χ2n) is 6.91. The Morgan fingerprint density at radius 2 is 2.12 bits per heavy atom. The van der Waals surface area contributed by atoms with Crippen LogP contribution < -0.4 is 16.4 Å². The average molecular weight is 358 g/mol. The summed E-state index contributed by atoms with van der Waals surface area (Å²) in [4.78, 5) is 38.1. The monoisotopic (exact) mass is 358 g/mol. The van der Waals surface area contributed by atoms with E-state index in [2.05, 4.69) is 10.6 Å². The fraction of sp³-hybridized carbons (Fsp3) is 0.526. The first kappa shape index (κ1) is 18.4. The molecule has 1 aromatic carbocycles. The van der Waals surface area contributed by atoms with E-state index in [1.807, 2.05) is 17.0 Å². The smallest absolute Gasteiger partial charge is 0.254 e. The summed E-state index contributed by atoms with van der Waals surface area (Å²) in [7, 11) is 0. The van der Waals surface area contributed by atoms with Gasteiger partial charge in [0.05, 0.1) is 0 Å². The highest BCUT2D eigenvalue weighted by atomic mass is 16.2. The van der Waals surface area contributed by atoms with Gasteiger partial charge >= 0.3 is 0 Å². The molecule has 0 bridgehead atoms. The Labute approximate surface area is 153 Å². The maximum absolute atomic E-state index is 13.0. The Hall–Kier alpha value is -2.41. The number of rotatable bonds is 5. The van der Waals surface area contributed by atoms with Crippen molar-refractivity contribution in [2.45, 2.75) is 44.6 Å².